The summed E-state index contributed by atoms with van der Waals surface area (Å²) in [5.74, 6) is 0.931. The topological polar surface area (TPSA) is 27.7 Å². The smallest absolute Gasteiger partial charge is 0.118 e. The Kier molecular flexibility index (Phi) is 6.30. The van der Waals surface area contributed by atoms with Crippen molar-refractivity contribution >= 4 is 0 Å². The van der Waals surface area contributed by atoms with Gasteiger partial charge in [-0.05, 0) is 31.2 Å². The third-order valence-electron chi connectivity index (χ3n) is 3.95. The molecular formula is C16H27N3O. The molecule has 0 spiro atoms. The zero-order valence-electron chi connectivity index (χ0n) is 12.8. The van der Waals surface area contributed by atoms with Crippen LogP contribution in [0, 0.1) is 0 Å². The molecule has 1 aliphatic rings. The van der Waals surface area contributed by atoms with E-state index in [1.807, 2.05) is 12.1 Å². The highest BCUT2D eigenvalue weighted by Crippen LogP contribution is 2.11. The maximum absolute atomic E-state index is 5.18. The second-order valence-electron chi connectivity index (χ2n) is 5.49. The van der Waals surface area contributed by atoms with Gasteiger partial charge in [0.15, 0.2) is 0 Å². The van der Waals surface area contributed by atoms with Gasteiger partial charge in [-0.3, -0.25) is 4.90 Å². The molecule has 2 rings (SSSR count). The zero-order valence-corrected chi connectivity index (χ0v) is 12.8. The maximum atomic E-state index is 5.18. The Morgan fingerprint density at radius 2 is 1.85 bits per heavy atom. The van der Waals surface area contributed by atoms with Gasteiger partial charge in [-0.2, -0.15) is 0 Å². The van der Waals surface area contributed by atoms with E-state index in [4.69, 9.17) is 4.74 Å². The molecule has 0 saturated carbocycles. The van der Waals surface area contributed by atoms with Crippen LogP contribution in [0.4, 0.5) is 0 Å². The highest BCUT2D eigenvalue weighted by atomic mass is 16.5. The van der Waals surface area contributed by atoms with E-state index in [1.165, 1.54) is 25.2 Å². The van der Waals surface area contributed by atoms with Gasteiger partial charge in [0.05, 0.1) is 7.11 Å². The number of nitrogens with one attached hydrogen (secondary N) is 1. The molecule has 1 N–H and O–H groups in total. The molecule has 0 aliphatic carbocycles. The molecule has 0 aromatic heterocycles. The molecule has 112 valence electrons. The largest absolute Gasteiger partial charge is 0.497 e. The summed E-state index contributed by atoms with van der Waals surface area (Å²) in [4.78, 5) is 4.96. The van der Waals surface area contributed by atoms with Crippen molar-refractivity contribution in [3.8, 4) is 5.75 Å². The predicted octanol–water partition coefficient (Wildman–Crippen LogP) is 1.07. The van der Waals surface area contributed by atoms with Gasteiger partial charge >= 0.3 is 0 Å². The third kappa shape index (κ3) is 5.12. The molecule has 0 bridgehead atoms. The molecule has 0 atom stereocenters. The van der Waals surface area contributed by atoms with E-state index in [2.05, 4.69) is 34.3 Å². The summed E-state index contributed by atoms with van der Waals surface area (Å²) in [6, 6.07) is 8.39. The molecule has 0 radical (unpaired) electrons. The normalized spacial score (nSPS) is 16.6. The molecule has 20 heavy (non-hydrogen) atoms. The van der Waals surface area contributed by atoms with Crippen LogP contribution in [0.5, 0.6) is 5.75 Å². The van der Waals surface area contributed by atoms with Gasteiger partial charge in [-0.15, -0.1) is 0 Å². The lowest BCUT2D eigenvalue weighted by Gasteiger charge is -2.29. The van der Waals surface area contributed by atoms with Gasteiger partial charge in [0, 0.05) is 45.8 Å². The van der Waals surface area contributed by atoms with Gasteiger partial charge in [0.25, 0.3) is 0 Å². The minimum absolute atomic E-state index is 0.931. The molecular weight excluding hydrogens is 250 g/mol. The number of hydrogen-bond donors (Lipinski definition) is 1. The van der Waals surface area contributed by atoms with Crippen molar-refractivity contribution in [3.63, 3.8) is 0 Å². The average molecular weight is 277 g/mol. The Hall–Kier alpha value is -1.10. The zero-order chi connectivity index (χ0) is 14.2. The van der Waals surface area contributed by atoms with Crippen LogP contribution in [0.3, 0.4) is 0 Å². The van der Waals surface area contributed by atoms with Crippen LogP contribution in [0.15, 0.2) is 24.3 Å². The average Bonchev–Trinajstić information content (AvgIpc) is 2.52. The quantitative estimate of drug-likeness (QED) is 0.807. The van der Waals surface area contributed by atoms with Crippen molar-refractivity contribution in [1.29, 1.82) is 0 Å². The van der Waals surface area contributed by atoms with Crippen LogP contribution < -0.4 is 10.1 Å². The summed E-state index contributed by atoms with van der Waals surface area (Å²) in [5.41, 5.74) is 1.37. The summed E-state index contributed by atoms with van der Waals surface area (Å²) in [6.07, 6.45) is 1.10. The molecule has 0 amide bonds. The maximum Gasteiger partial charge on any atom is 0.118 e. The predicted molar refractivity (Wildman–Crippen MR) is 83.5 cm³/mol. The molecule has 1 aromatic carbocycles. The molecule has 1 fully saturated rings. The molecule has 1 heterocycles. The summed E-state index contributed by atoms with van der Waals surface area (Å²) in [5, 5.41) is 3.39. The van der Waals surface area contributed by atoms with Crippen LogP contribution >= 0.6 is 0 Å². The summed E-state index contributed by atoms with van der Waals surface area (Å²) in [7, 11) is 3.92. The molecule has 0 unspecified atom stereocenters. The van der Waals surface area contributed by atoms with Crippen LogP contribution in [0.2, 0.25) is 0 Å². The van der Waals surface area contributed by atoms with E-state index < -0.39 is 0 Å². The summed E-state index contributed by atoms with van der Waals surface area (Å²) < 4.78 is 5.18. The van der Waals surface area contributed by atoms with Crippen LogP contribution in [0.1, 0.15) is 5.56 Å². The SMILES string of the molecule is COc1ccc(CCN(C)CCN2CCNCC2)cc1. The number of rotatable bonds is 7. The lowest BCUT2D eigenvalue weighted by molar-refractivity contribution is 0.206. The van der Waals surface area contributed by atoms with E-state index in [9.17, 15) is 0 Å². The Morgan fingerprint density at radius 1 is 1.15 bits per heavy atom. The van der Waals surface area contributed by atoms with Crippen LogP contribution in [0.25, 0.3) is 0 Å². The van der Waals surface area contributed by atoms with Gasteiger partial charge in [-0.1, -0.05) is 12.1 Å². The number of ether oxygens (including phenoxy) is 1. The highest BCUT2D eigenvalue weighted by Gasteiger charge is 2.09. The summed E-state index contributed by atoms with van der Waals surface area (Å²) in [6.45, 7) is 8.08. The minimum atomic E-state index is 0.931. The lowest BCUT2D eigenvalue weighted by Crippen LogP contribution is -2.46. The van der Waals surface area contributed by atoms with Crippen molar-refractivity contribution in [3.05, 3.63) is 29.8 Å². The molecule has 4 heteroatoms. The second kappa shape index (κ2) is 8.25. The molecule has 4 nitrogen and oxygen atoms in total. The van der Waals surface area contributed by atoms with Crippen molar-refractivity contribution in [2.75, 3.05) is 60.0 Å². The molecule has 1 saturated heterocycles. The minimum Gasteiger partial charge on any atom is -0.497 e. The Bertz CT molecular complexity index is 374. The first-order valence-corrected chi connectivity index (χ1v) is 7.52. The van der Waals surface area contributed by atoms with Crippen molar-refractivity contribution in [2.24, 2.45) is 0 Å². The van der Waals surface area contributed by atoms with Crippen molar-refractivity contribution in [2.45, 2.75) is 6.42 Å². The van der Waals surface area contributed by atoms with Crippen molar-refractivity contribution < 1.29 is 4.74 Å². The number of nitrogens with zero attached hydrogens (tertiary/aromatic N) is 2. The number of benzene rings is 1. The fourth-order valence-electron chi connectivity index (χ4n) is 2.47. The lowest BCUT2D eigenvalue weighted by atomic mass is 10.1. The highest BCUT2D eigenvalue weighted by molar-refractivity contribution is 5.27. The fourth-order valence-corrected chi connectivity index (χ4v) is 2.47. The van der Waals surface area contributed by atoms with E-state index in [0.717, 1.165) is 38.3 Å². The van der Waals surface area contributed by atoms with Crippen LogP contribution in [-0.2, 0) is 6.42 Å². The number of methoxy groups -OCH3 is 1. The molecule has 1 aromatic rings. The number of piperazine rings is 1. The monoisotopic (exact) mass is 277 g/mol. The van der Waals surface area contributed by atoms with E-state index >= 15 is 0 Å². The Balaban J connectivity index is 1.64. The second-order valence-corrected chi connectivity index (χ2v) is 5.49. The number of likely N-dealkylation sites (N-methyl/N-ethyl adjacent to an activating group) is 1. The van der Waals surface area contributed by atoms with Gasteiger partial charge in [0.1, 0.15) is 5.75 Å². The van der Waals surface area contributed by atoms with E-state index in [-0.39, 0.29) is 0 Å². The standard InChI is InChI=1S/C16H27N3O/c1-18(13-14-19-11-8-17-9-12-19)10-7-15-3-5-16(20-2)6-4-15/h3-6,17H,7-14H2,1-2H3. The Labute approximate surface area is 122 Å². The van der Waals surface area contributed by atoms with E-state index in [1.54, 1.807) is 7.11 Å². The van der Waals surface area contributed by atoms with Crippen molar-refractivity contribution in [1.82, 2.24) is 15.1 Å². The third-order valence-corrected chi connectivity index (χ3v) is 3.95. The van der Waals surface area contributed by atoms with Gasteiger partial charge in [0.2, 0.25) is 0 Å². The van der Waals surface area contributed by atoms with Crippen LogP contribution in [-0.4, -0.2) is 69.8 Å². The van der Waals surface area contributed by atoms with E-state index in [0.29, 0.717) is 0 Å². The first-order valence-electron chi connectivity index (χ1n) is 7.52. The van der Waals surface area contributed by atoms with Gasteiger partial charge < -0.3 is 15.0 Å². The Morgan fingerprint density at radius 3 is 2.50 bits per heavy atom. The first-order chi connectivity index (χ1) is 9.78. The van der Waals surface area contributed by atoms with Gasteiger partial charge in [-0.25, -0.2) is 0 Å². The summed E-state index contributed by atoms with van der Waals surface area (Å²) >= 11 is 0. The molecule has 1 aliphatic heterocycles. The number of hydrogen-bond acceptors (Lipinski definition) is 4. The fraction of sp³-hybridized carbons (Fsp3) is 0.625. The first kappa shape index (κ1) is 15.3.